The van der Waals surface area contributed by atoms with Gasteiger partial charge in [-0.05, 0) is 61.2 Å². The topological polar surface area (TPSA) is 59.1 Å². The summed E-state index contributed by atoms with van der Waals surface area (Å²) in [6, 6.07) is 13.5. The van der Waals surface area contributed by atoms with Crippen LogP contribution in [0.4, 0.5) is 5.69 Å². The van der Waals surface area contributed by atoms with Crippen molar-refractivity contribution in [3.63, 3.8) is 0 Å². The van der Waals surface area contributed by atoms with Gasteiger partial charge in [0, 0.05) is 30.8 Å². The van der Waals surface area contributed by atoms with E-state index in [4.69, 9.17) is 9.47 Å². The number of nitrogens with zero attached hydrogens (tertiary/aromatic N) is 2. The number of hydrogen-bond acceptors (Lipinski definition) is 4. The first kappa shape index (κ1) is 18.0. The molecule has 3 heterocycles. The molecule has 2 amide bonds. The molecule has 6 nitrogen and oxygen atoms in total. The minimum atomic E-state index is 0.0293. The highest BCUT2D eigenvalue weighted by molar-refractivity contribution is 5.97. The summed E-state index contributed by atoms with van der Waals surface area (Å²) in [5.41, 5.74) is 2.61. The Bertz CT molecular complexity index is 940. The van der Waals surface area contributed by atoms with E-state index in [0.29, 0.717) is 25.2 Å². The molecule has 29 heavy (non-hydrogen) atoms. The summed E-state index contributed by atoms with van der Waals surface area (Å²) in [5.74, 6) is 1.71. The lowest BCUT2D eigenvalue weighted by Crippen LogP contribution is -2.30. The van der Waals surface area contributed by atoms with Gasteiger partial charge in [-0.25, -0.2) is 0 Å². The van der Waals surface area contributed by atoms with Crippen LogP contribution >= 0.6 is 0 Å². The van der Waals surface area contributed by atoms with Gasteiger partial charge in [0.15, 0.2) is 11.5 Å². The quantitative estimate of drug-likeness (QED) is 0.801. The molecular formula is C23H24N2O4. The second-order valence-electron chi connectivity index (χ2n) is 7.76. The fourth-order valence-corrected chi connectivity index (χ4v) is 4.49. The number of likely N-dealkylation sites (tertiary alicyclic amines) is 1. The zero-order valence-electron chi connectivity index (χ0n) is 16.3. The van der Waals surface area contributed by atoms with E-state index in [0.717, 1.165) is 55.1 Å². The van der Waals surface area contributed by atoms with Gasteiger partial charge in [0.2, 0.25) is 5.91 Å². The van der Waals surface area contributed by atoms with Crippen molar-refractivity contribution in [3.8, 4) is 11.5 Å². The molecule has 0 aromatic heterocycles. The molecule has 2 saturated heterocycles. The Labute approximate surface area is 170 Å². The molecule has 5 rings (SSSR count). The van der Waals surface area contributed by atoms with E-state index < -0.39 is 0 Å². The molecule has 2 aromatic rings. The molecular weight excluding hydrogens is 368 g/mol. The minimum absolute atomic E-state index is 0.0293. The molecule has 3 aliphatic heterocycles. The monoisotopic (exact) mass is 392 g/mol. The van der Waals surface area contributed by atoms with E-state index in [1.165, 1.54) is 0 Å². The summed E-state index contributed by atoms with van der Waals surface area (Å²) in [6.07, 6.45) is 3.41. The first-order valence-electron chi connectivity index (χ1n) is 10.3. The lowest BCUT2D eigenvalue weighted by Gasteiger charge is -2.27. The maximum atomic E-state index is 13.2. The molecule has 0 radical (unpaired) electrons. The molecule has 6 heteroatoms. The lowest BCUT2D eigenvalue weighted by atomic mass is 10.0. The Morgan fingerprint density at radius 2 is 1.72 bits per heavy atom. The normalized spacial score (nSPS) is 21.0. The summed E-state index contributed by atoms with van der Waals surface area (Å²) in [7, 11) is 0. The molecule has 0 saturated carbocycles. The standard InChI is InChI=1S/C23H24N2O4/c26-22-4-2-11-24(22)18-8-5-16(6-9-18)23(27)25-12-1-3-19(25)17-7-10-20-21(15-17)29-14-13-28-20/h5-10,15,19H,1-4,11-14H2/t19-/m0/s1. The predicted octanol–water partition coefficient (Wildman–Crippen LogP) is 3.56. The van der Waals surface area contributed by atoms with Crippen LogP contribution in [0.2, 0.25) is 0 Å². The van der Waals surface area contributed by atoms with E-state index in [1.807, 2.05) is 47.4 Å². The first-order chi connectivity index (χ1) is 14.2. The van der Waals surface area contributed by atoms with E-state index in [2.05, 4.69) is 0 Å². The third-order valence-electron chi connectivity index (χ3n) is 5.96. The van der Waals surface area contributed by atoms with Crippen LogP contribution in [0.15, 0.2) is 42.5 Å². The van der Waals surface area contributed by atoms with Crippen LogP contribution in [0.1, 0.15) is 47.6 Å². The second-order valence-corrected chi connectivity index (χ2v) is 7.76. The van der Waals surface area contributed by atoms with Crippen molar-refractivity contribution in [2.75, 3.05) is 31.2 Å². The van der Waals surface area contributed by atoms with Crippen molar-refractivity contribution in [1.29, 1.82) is 0 Å². The highest BCUT2D eigenvalue weighted by Gasteiger charge is 2.31. The SMILES string of the molecule is O=C1CCCN1c1ccc(C(=O)N2CCC[C@H]2c2ccc3c(c2)OCCO3)cc1. The third kappa shape index (κ3) is 3.33. The number of benzene rings is 2. The van der Waals surface area contributed by atoms with Gasteiger partial charge in [-0.2, -0.15) is 0 Å². The number of amides is 2. The highest BCUT2D eigenvalue weighted by atomic mass is 16.6. The molecule has 0 N–H and O–H groups in total. The molecule has 2 aromatic carbocycles. The number of ether oxygens (including phenoxy) is 2. The van der Waals surface area contributed by atoms with E-state index >= 15 is 0 Å². The molecule has 0 spiro atoms. The van der Waals surface area contributed by atoms with Gasteiger partial charge >= 0.3 is 0 Å². The van der Waals surface area contributed by atoms with Crippen LogP contribution in [0, 0.1) is 0 Å². The van der Waals surface area contributed by atoms with Crippen molar-refractivity contribution in [2.45, 2.75) is 31.7 Å². The molecule has 0 bridgehead atoms. The first-order valence-corrected chi connectivity index (χ1v) is 10.3. The molecule has 2 fully saturated rings. The van der Waals surface area contributed by atoms with Gasteiger partial charge in [0.25, 0.3) is 5.91 Å². The summed E-state index contributed by atoms with van der Waals surface area (Å²) in [5, 5.41) is 0. The van der Waals surface area contributed by atoms with Crippen molar-refractivity contribution in [2.24, 2.45) is 0 Å². The summed E-state index contributed by atoms with van der Waals surface area (Å²) in [6.45, 7) is 2.61. The maximum Gasteiger partial charge on any atom is 0.254 e. The number of rotatable bonds is 3. The van der Waals surface area contributed by atoms with Crippen molar-refractivity contribution in [3.05, 3.63) is 53.6 Å². The average Bonchev–Trinajstić information content (AvgIpc) is 3.42. The zero-order valence-corrected chi connectivity index (χ0v) is 16.3. The zero-order chi connectivity index (χ0) is 19.8. The van der Waals surface area contributed by atoms with Crippen LogP contribution in [0.25, 0.3) is 0 Å². The molecule has 150 valence electrons. The van der Waals surface area contributed by atoms with Crippen molar-refractivity contribution < 1.29 is 19.1 Å². The Morgan fingerprint density at radius 1 is 0.931 bits per heavy atom. The number of carbonyl (C=O) groups is 2. The Kier molecular flexibility index (Phi) is 4.62. The Morgan fingerprint density at radius 3 is 2.48 bits per heavy atom. The fraction of sp³-hybridized carbons (Fsp3) is 0.391. The van der Waals surface area contributed by atoms with E-state index in [-0.39, 0.29) is 17.9 Å². The fourth-order valence-electron chi connectivity index (χ4n) is 4.49. The number of fused-ring (bicyclic) bond motifs is 1. The van der Waals surface area contributed by atoms with Gasteiger partial charge in [0.1, 0.15) is 13.2 Å². The number of anilines is 1. The maximum absolute atomic E-state index is 13.2. The van der Waals surface area contributed by atoms with Gasteiger partial charge in [-0.1, -0.05) is 6.07 Å². The number of carbonyl (C=O) groups excluding carboxylic acids is 2. The average molecular weight is 392 g/mol. The van der Waals surface area contributed by atoms with Crippen LogP contribution < -0.4 is 14.4 Å². The highest BCUT2D eigenvalue weighted by Crippen LogP contribution is 2.38. The van der Waals surface area contributed by atoms with Gasteiger partial charge in [0.05, 0.1) is 6.04 Å². The van der Waals surface area contributed by atoms with Crippen molar-refractivity contribution in [1.82, 2.24) is 4.90 Å². The van der Waals surface area contributed by atoms with Crippen molar-refractivity contribution >= 4 is 17.5 Å². The number of hydrogen-bond donors (Lipinski definition) is 0. The van der Waals surface area contributed by atoms with E-state index in [1.54, 1.807) is 4.90 Å². The summed E-state index contributed by atoms with van der Waals surface area (Å²) < 4.78 is 11.3. The lowest BCUT2D eigenvalue weighted by molar-refractivity contribution is -0.117. The smallest absolute Gasteiger partial charge is 0.254 e. The Balaban J connectivity index is 1.35. The molecule has 0 aliphatic carbocycles. The van der Waals surface area contributed by atoms with Gasteiger partial charge in [-0.3, -0.25) is 9.59 Å². The largest absolute Gasteiger partial charge is 0.486 e. The van der Waals surface area contributed by atoms with Crippen LogP contribution in [0.5, 0.6) is 11.5 Å². The predicted molar refractivity (Wildman–Crippen MR) is 108 cm³/mol. The molecule has 1 atom stereocenters. The Hall–Kier alpha value is -3.02. The van der Waals surface area contributed by atoms with Gasteiger partial charge < -0.3 is 19.3 Å². The van der Waals surface area contributed by atoms with Crippen LogP contribution in [-0.4, -0.2) is 43.0 Å². The third-order valence-corrected chi connectivity index (χ3v) is 5.96. The van der Waals surface area contributed by atoms with Crippen LogP contribution in [0.3, 0.4) is 0 Å². The molecule has 3 aliphatic rings. The molecule has 0 unspecified atom stereocenters. The summed E-state index contributed by atoms with van der Waals surface area (Å²) >= 11 is 0. The minimum Gasteiger partial charge on any atom is -0.486 e. The van der Waals surface area contributed by atoms with Crippen LogP contribution in [-0.2, 0) is 4.79 Å². The van der Waals surface area contributed by atoms with E-state index in [9.17, 15) is 9.59 Å². The van der Waals surface area contributed by atoms with Gasteiger partial charge in [-0.15, -0.1) is 0 Å². The summed E-state index contributed by atoms with van der Waals surface area (Å²) in [4.78, 5) is 28.9. The second kappa shape index (κ2) is 7.43.